The predicted octanol–water partition coefficient (Wildman–Crippen LogP) is 2.71. The van der Waals surface area contributed by atoms with Gasteiger partial charge in [-0.05, 0) is 18.4 Å². The van der Waals surface area contributed by atoms with Gasteiger partial charge in [0.25, 0.3) is 0 Å². The second-order valence-corrected chi connectivity index (χ2v) is 5.41. The van der Waals surface area contributed by atoms with Crippen LogP contribution in [0.1, 0.15) is 30.9 Å². The molecule has 1 aromatic carbocycles. The predicted molar refractivity (Wildman–Crippen MR) is 81.2 cm³/mol. The summed E-state index contributed by atoms with van der Waals surface area (Å²) >= 11 is 0. The molecule has 122 valence electrons. The van der Waals surface area contributed by atoms with Crippen molar-refractivity contribution in [2.45, 2.75) is 31.5 Å². The zero-order valence-electron chi connectivity index (χ0n) is 13.2. The average molecular weight is 308 g/mol. The molecule has 1 fully saturated rings. The van der Waals surface area contributed by atoms with Gasteiger partial charge in [0, 0.05) is 26.6 Å². The van der Waals surface area contributed by atoms with Crippen LogP contribution < -0.4 is 0 Å². The van der Waals surface area contributed by atoms with E-state index >= 15 is 0 Å². The van der Waals surface area contributed by atoms with Gasteiger partial charge in [-0.25, -0.2) is 0 Å². The Labute approximate surface area is 131 Å². The molecule has 1 aliphatic rings. The molecule has 1 aliphatic carbocycles. The average Bonchev–Trinajstić information content (AvgIpc) is 2.97. The lowest BCUT2D eigenvalue weighted by Gasteiger charge is -2.31. The van der Waals surface area contributed by atoms with E-state index in [0.29, 0.717) is 6.42 Å². The lowest BCUT2D eigenvalue weighted by molar-refractivity contribution is -0.176. The third kappa shape index (κ3) is 4.36. The normalized spacial score (nSPS) is 21.0. The first-order valence-electron chi connectivity index (χ1n) is 7.56. The molecule has 0 aliphatic heterocycles. The van der Waals surface area contributed by atoms with E-state index in [4.69, 9.17) is 18.9 Å². The van der Waals surface area contributed by atoms with Gasteiger partial charge in [0.15, 0.2) is 0 Å². The van der Waals surface area contributed by atoms with Crippen molar-refractivity contribution in [3.63, 3.8) is 0 Å². The summed E-state index contributed by atoms with van der Waals surface area (Å²) in [5, 5.41) is 0. The zero-order chi connectivity index (χ0) is 15.8. The van der Waals surface area contributed by atoms with E-state index in [2.05, 4.69) is 0 Å². The fraction of sp³-hybridized carbons (Fsp3) is 0.588. The van der Waals surface area contributed by atoms with Crippen molar-refractivity contribution in [1.29, 1.82) is 0 Å². The van der Waals surface area contributed by atoms with E-state index < -0.39 is 0 Å². The van der Waals surface area contributed by atoms with Crippen LogP contribution in [-0.4, -0.2) is 39.7 Å². The molecule has 0 heterocycles. The highest BCUT2D eigenvalue weighted by atomic mass is 16.7. The van der Waals surface area contributed by atoms with Crippen molar-refractivity contribution in [2.24, 2.45) is 5.92 Å². The molecule has 0 bridgehead atoms. The molecule has 0 saturated heterocycles. The molecule has 0 aromatic heterocycles. The van der Waals surface area contributed by atoms with Crippen LogP contribution >= 0.6 is 0 Å². The molecule has 1 aromatic rings. The molecule has 3 atom stereocenters. The van der Waals surface area contributed by atoms with Gasteiger partial charge >= 0.3 is 0 Å². The standard InChI is InChI=1S/C17H24O5/c1-19-11-21-16(13-7-4-3-5-8-13)17(22-12-20-2)14-9-6-10-15(14)18/h3-5,7-8,14,16-17H,6,9-12H2,1-2H3/t14?,16-,17-/m1/s1. The number of Topliss-reactive ketones (excluding diaryl/α,β-unsaturated/α-hetero) is 1. The Morgan fingerprint density at radius 2 is 1.77 bits per heavy atom. The number of carbonyl (C=O) groups is 1. The SMILES string of the molecule is COCO[C@H](c1ccccc1)[C@H](OCOC)C1CCCC1=O. The van der Waals surface area contributed by atoms with Gasteiger partial charge in [-0.2, -0.15) is 0 Å². The second kappa shape index (κ2) is 9.00. The van der Waals surface area contributed by atoms with Crippen LogP contribution in [0, 0.1) is 5.92 Å². The highest BCUT2D eigenvalue weighted by Gasteiger charge is 2.39. The van der Waals surface area contributed by atoms with E-state index in [1.165, 1.54) is 0 Å². The van der Waals surface area contributed by atoms with Gasteiger partial charge in [-0.3, -0.25) is 4.79 Å². The number of benzene rings is 1. The summed E-state index contributed by atoms with van der Waals surface area (Å²) in [6.07, 6.45) is 1.62. The molecule has 0 amide bonds. The Morgan fingerprint density at radius 1 is 1.09 bits per heavy atom. The van der Waals surface area contributed by atoms with Gasteiger partial charge in [0.2, 0.25) is 0 Å². The lowest BCUT2D eigenvalue weighted by Crippen LogP contribution is -2.35. The monoisotopic (exact) mass is 308 g/mol. The van der Waals surface area contributed by atoms with Crippen molar-refractivity contribution in [3.05, 3.63) is 35.9 Å². The molecular formula is C17H24O5. The van der Waals surface area contributed by atoms with E-state index in [-0.39, 0.29) is 37.5 Å². The largest absolute Gasteiger partial charge is 0.359 e. The maximum atomic E-state index is 12.2. The highest BCUT2D eigenvalue weighted by molar-refractivity contribution is 5.83. The minimum absolute atomic E-state index is 0.133. The number of hydrogen-bond donors (Lipinski definition) is 0. The molecular weight excluding hydrogens is 284 g/mol. The van der Waals surface area contributed by atoms with Crippen LogP contribution in [0.5, 0.6) is 0 Å². The van der Waals surface area contributed by atoms with Crippen molar-refractivity contribution < 1.29 is 23.7 Å². The van der Waals surface area contributed by atoms with Gasteiger partial charge in [0.1, 0.15) is 31.6 Å². The fourth-order valence-electron chi connectivity index (χ4n) is 2.92. The first-order chi connectivity index (χ1) is 10.8. The summed E-state index contributed by atoms with van der Waals surface area (Å²) in [4.78, 5) is 12.2. The Balaban J connectivity index is 2.23. The minimum atomic E-state index is -0.368. The van der Waals surface area contributed by atoms with Crippen LogP contribution in [-0.2, 0) is 23.7 Å². The fourth-order valence-corrected chi connectivity index (χ4v) is 2.92. The molecule has 0 N–H and O–H groups in total. The number of rotatable bonds is 9. The molecule has 5 nitrogen and oxygen atoms in total. The van der Waals surface area contributed by atoms with Gasteiger partial charge in [-0.15, -0.1) is 0 Å². The number of hydrogen-bond acceptors (Lipinski definition) is 5. The van der Waals surface area contributed by atoms with Crippen molar-refractivity contribution in [1.82, 2.24) is 0 Å². The summed E-state index contributed by atoms with van der Waals surface area (Å²) in [6.45, 7) is 0.279. The number of carbonyl (C=O) groups excluding carboxylic acids is 1. The first-order valence-corrected chi connectivity index (χ1v) is 7.56. The topological polar surface area (TPSA) is 54.0 Å². The van der Waals surface area contributed by atoms with Crippen LogP contribution in [0.2, 0.25) is 0 Å². The van der Waals surface area contributed by atoms with Gasteiger partial charge in [0.05, 0.1) is 0 Å². The smallest absolute Gasteiger partial charge is 0.147 e. The molecule has 5 heteroatoms. The Kier molecular flexibility index (Phi) is 6.99. The summed E-state index contributed by atoms with van der Waals surface area (Å²) in [7, 11) is 3.15. The molecule has 1 saturated carbocycles. The van der Waals surface area contributed by atoms with E-state index in [0.717, 1.165) is 18.4 Å². The highest BCUT2D eigenvalue weighted by Crippen LogP contribution is 2.35. The van der Waals surface area contributed by atoms with Crippen LogP contribution in [0.4, 0.5) is 0 Å². The maximum Gasteiger partial charge on any atom is 0.147 e. The molecule has 22 heavy (non-hydrogen) atoms. The quantitative estimate of drug-likeness (QED) is 0.657. The van der Waals surface area contributed by atoms with Gasteiger partial charge < -0.3 is 18.9 Å². The molecule has 0 spiro atoms. The van der Waals surface area contributed by atoms with Crippen molar-refractivity contribution in [3.8, 4) is 0 Å². The van der Waals surface area contributed by atoms with Crippen LogP contribution in [0.25, 0.3) is 0 Å². The first kappa shape index (κ1) is 17.1. The van der Waals surface area contributed by atoms with E-state index in [1.807, 2.05) is 30.3 Å². The maximum absolute atomic E-state index is 12.2. The zero-order valence-corrected chi connectivity index (χ0v) is 13.2. The Bertz CT molecular complexity index is 448. The molecule has 1 unspecified atom stereocenters. The summed E-state index contributed by atoms with van der Waals surface area (Å²) in [5.74, 6) is 0.0836. The number of methoxy groups -OCH3 is 2. The van der Waals surface area contributed by atoms with Crippen molar-refractivity contribution in [2.75, 3.05) is 27.8 Å². The number of ether oxygens (including phenoxy) is 4. The Morgan fingerprint density at radius 3 is 2.36 bits per heavy atom. The molecule has 2 rings (SSSR count). The molecule has 0 radical (unpaired) electrons. The van der Waals surface area contributed by atoms with Crippen molar-refractivity contribution >= 4 is 5.78 Å². The van der Waals surface area contributed by atoms with Crippen LogP contribution in [0.15, 0.2) is 30.3 Å². The summed E-state index contributed by atoms with van der Waals surface area (Å²) in [6, 6.07) is 9.79. The summed E-state index contributed by atoms with van der Waals surface area (Å²) in [5.41, 5.74) is 0.973. The van der Waals surface area contributed by atoms with E-state index in [1.54, 1.807) is 14.2 Å². The third-order valence-electron chi connectivity index (χ3n) is 3.92. The van der Waals surface area contributed by atoms with E-state index in [9.17, 15) is 4.79 Å². The van der Waals surface area contributed by atoms with Crippen LogP contribution in [0.3, 0.4) is 0 Å². The Hall–Kier alpha value is -1.27. The third-order valence-corrected chi connectivity index (χ3v) is 3.92. The number of ketones is 1. The second-order valence-electron chi connectivity index (χ2n) is 5.41. The minimum Gasteiger partial charge on any atom is -0.359 e. The summed E-state index contributed by atoms with van der Waals surface area (Å²) < 4.78 is 21.8. The lowest BCUT2D eigenvalue weighted by atomic mass is 9.91. The van der Waals surface area contributed by atoms with Gasteiger partial charge in [-0.1, -0.05) is 30.3 Å².